The molecule has 0 aliphatic carbocycles. The van der Waals surface area contributed by atoms with Gasteiger partial charge in [0.15, 0.2) is 0 Å². The van der Waals surface area contributed by atoms with Crippen LogP contribution in [0.15, 0.2) is 24.3 Å². The molecule has 2 aromatic rings. The van der Waals surface area contributed by atoms with E-state index in [9.17, 15) is 9.59 Å². The number of fused-ring (bicyclic) bond motifs is 1. The molecular weight excluding hydrogens is 352 g/mol. The molecule has 0 radical (unpaired) electrons. The molecule has 1 aromatic carbocycles. The van der Waals surface area contributed by atoms with Crippen LogP contribution >= 0.6 is 0 Å². The minimum absolute atomic E-state index is 0.0563. The zero-order valence-electron chi connectivity index (χ0n) is 17.7. The van der Waals surface area contributed by atoms with Crippen LogP contribution in [0, 0.1) is 0 Å². The van der Waals surface area contributed by atoms with Crippen molar-refractivity contribution in [3.8, 4) is 0 Å². The van der Waals surface area contributed by atoms with E-state index < -0.39 is 0 Å². The molecule has 0 saturated carbocycles. The van der Waals surface area contributed by atoms with Crippen molar-refractivity contribution in [1.29, 1.82) is 0 Å². The minimum Gasteiger partial charge on any atom is -0.336 e. The highest BCUT2D eigenvalue weighted by atomic mass is 16.2. The van der Waals surface area contributed by atoms with Crippen molar-refractivity contribution in [2.45, 2.75) is 78.6 Å². The Hall–Kier alpha value is -2.37. The number of aromatic nitrogens is 2. The Morgan fingerprint density at radius 3 is 2.50 bits per heavy atom. The number of rotatable bonds is 6. The lowest BCUT2D eigenvalue weighted by Crippen LogP contribution is -2.44. The number of amides is 2. The lowest BCUT2D eigenvalue weighted by molar-refractivity contribution is -0.135. The van der Waals surface area contributed by atoms with Gasteiger partial charge in [0.1, 0.15) is 12.4 Å². The largest absolute Gasteiger partial charge is 0.336 e. The Balaban J connectivity index is 2.03. The van der Waals surface area contributed by atoms with Gasteiger partial charge in [-0.15, -0.1) is 0 Å². The molecule has 0 bridgehead atoms. The van der Waals surface area contributed by atoms with Crippen molar-refractivity contribution in [3.63, 3.8) is 0 Å². The average molecular weight is 385 g/mol. The summed E-state index contributed by atoms with van der Waals surface area (Å²) in [4.78, 5) is 34.3. The van der Waals surface area contributed by atoms with Crippen molar-refractivity contribution >= 4 is 22.8 Å². The highest BCUT2D eigenvalue weighted by molar-refractivity contribution is 5.82. The summed E-state index contributed by atoms with van der Waals surface area (Å²) in [5.41, 5.74) is 1.83. The molecule has 1 saturated heterocycles. The first kappa shape index (κ1) is 20.4. The van der Waals surface area contributed by atoms with Gasteiger partial charge in [0.25, 0.3) is 0 Å². The van der Waals surface area contributed by atoms with Gasteiger partial charge in [0.2, 0.25) is 11.8 Å². The first-order chi connectivity index (χ1) is 13.3. The van der Waals surface area contributed by atoms with Gasteiger partial charge in [0.05, 0.1) is 17.1 Å². The predicted molar refractivity (Wildman–Crippen MR) is 111 cm³/mol. The number of carbonyl (C=O) groups is 2. The highest BCUT2D eigenvalue weighted by Gasteiger charge is 2.34. The van der Waals surface area contributed by atoms with Crippen LogP contribution in [0.5, 0.6) is 0 Å². The van der Waals surface area contributed by atoms with Crippen molar-refractivity contribution < 1.29 is 9.59 Å². The van der Waals surface area contributed by atoms with E-state index in [-0.39, 0.29) is 36.5 Å². The Kier molecular flexibility index (Phi) is 6.06. The number of hydrogen-bond donors (Lipinski definition) is 0. The third-order valence-electron chi connectivity index (χ3n) is 5.55. The van der Waals surface area contributed by atoms with Gasteiger partial charge >= 0.3 is 0 Å². The standard InChI is InChI=1S/C22H32N4O2/c1-6-20(27)24-13-9-12-19(24)22-23-17-10-7-8-11-18(17)25(22)14-21(28)26(15(2)3)16(4)5/h7-8,10-11,15-16,19H,6,9,12-14H2,1-5H3. The molecule has 1 atom stereocenters. The average Bonchev–Trinajstić information content (AvgIpc) is 3.25. The van der Waals surface area contributed by atoms with Gasteiger partial charge in [0, 0.05) is 25.0 Å². The number of para-hydroxylation sites is 2. The van der Waals surface area contributed by atoms with Crippen molar-refractivity contribution in [3.05, 3.63) is 30.1 Å². The topological polar surface area (TPSA) is 58.4 Å². The van der Waals surface area contributed by atoms with Gasteiger partial charge < -0.3 is 14.4 Å². The molecule has 28 heavy (non-hydrogen) atoms. The van der Waals surface area contributed by atoms with E-state index in [1.165, 1.54) is 0 Å². The Bertz CT molecular complexity index is 847. The molecule has 152 valence electrons. The summed E-state index contributed by atoms with van der Waals surface area (Å²) in [6.45, 7) is 11.1. The highest BCUT2D eigenvalue weighted by Crippen LogP contribution is 2.34. The predicted octanol–water partition coefficient (Wildman–Crippen LogP) is 3.76. The van der Waals surface area contributed by atoms with E-state index >= 15 is 0 Å². The van der Waals surface area contributed by atoms with E-state index in [0.29, 0.717) is 6.42 Å². The molecule has 2 amide bonds. The van der Waals surface area contributed by atoms with Crippen LogP contribution in [-0.2, 0) is 16.1 Å². The van der Waals surface area contributed by atoms with E-state index in [1.54, 1.807) is 0 Å². The molecule has 1 aliphatic heterocycles. The number of likely N-dealkylation sites (tertiary alicyclic amines) is 1. The second-order valence-corrected chi connectivity index (χ2v) is 8.13. The fraction of sp³-hybridized carbons (Fsp3) is 0.591. The number of hydrogen-bond acceptors (Lipinski definition) is 3. The van der Waals surface area contributed by atoms with Gasteiger partial charge in [-0.3, -0.25) is 9.59 Å². The van der Waals surface area contributed by atoms with E-state index in [0.717, 1.165) is 36.2 Å². The van der Waals surface area contributed by atoms with Crippen LogP contribution in [0.4, 0.5) is 0 Å². The number of benzene rings is 1. The van der Waals surface area contributed by atoms with Gasteiger partial charge in [-0.25, -0.2) is 4.98 Å². The smallest absolute Gasteiger partial charge is 0.243 e. The van der Waals surface area contributed by atoms with Crippen LogP contribution in [0.2, 0.25) is 0 Å². The number of imidazole rings is 1. The monoisotopic (exact) mass is 384 g/mol. The Morgan fingerprint density at radius 1 is 1.18 bits per heavy atom. The van der Waals surface area contributed by atoms with Crippen LogP contribution < -0.4 is 0 Å². The molecular formula is C22H32N4O2. The zero-order chi connectivity index (χ0) is 20.4. The van der Waals surface area contributed by atoms with Crippen LogP contribution in [-0.4, -0.2) is 49.8 Å². The second-order valence-electron chi connectivity index (χ2n) is 8.13. The van der Waals surface area contributed by atoms with Gasteiger partial charge in [-0.1, -0.05) is 19.1 Å². The minimum atomic E-state index is -0.0563. The molecule has 6 nitrogen and oxygen atoms in total. The SMILES string of the molecule is CCC(=O)N1CCCC1c1nc2ccccc2n1CC(=O)N(C(C)C)C(C)C. The maximum absolute atomic E-state index is 13.2. The molecule has 1 fully saturated rings. The first-order valence-electron chi connectivity index (χ1n) is 10.4. The maximum Gasteiger partial charge on any atom is 0.243 e. The van der Waals surface area contributed by atoms with Gasteiger partial charge in [-0.05, 0) is 52.7 Å². The summed E-state index contributed by atoms with van der Waals surface area (Å²) in [5, 5.41) is 0. The molecule has 0 spiro atoms. The van der Waals surface area contributed by atoms with Crippen LogP contribution in [0.3, 0.4) is 0 Å². The van der Waals surface area contributed by atoms with Crippen molar-refractivity contribution in [2.75, 3.05) is 6.54 Å². The van der Waals surface area contributed by atoms with E-state index in [4.69, 9.17) is 4.98 Å². The second kappa shape index (κ2) is 8.33. The quantitative estimate of drug-likeness (QED) is 0.762. The lowest BCUT2D eigenvalue weighted by Gasteiger charge is -2.31. The van der Waals surface area contributed by atoms with Crippen molar-refractivity contribution in [1.82, 2.24) is 19.4 Å². The fourth-order valence-corrected chi connectivity index (χ4v) is 4.44. The van der Waals surface area contributed by atoms with Crippen LogP contribution in [0.1, 0.15) is 65.7 Å². The number of carbonyl (C=O) groups excluding carboxylic acids is 2. The van der Waals surface area contributed by atoms with E-state index in [1.807, 2.05) is 73.3 Å². The van der Waals surface area contributed by atoms with Crippen molar-refractivity contribution in [2.24, 2.45) is 0 Å². The Morgan fingerprint density at radius 2 is 1.86 bits per heavy atom. The summed E-state index contributed by atoms with van der Waals surface area (Å²) in [6, 6.07) is 8.13. The molecule has 1 aromatic heterocycles. The fourth-order valence-electron chi connectivity index (χ4n) is 4.44. The zero-order valence-corrected chi connectivity index (χ0v) is 17.7. The maximum atomic E-state index is 13.2. The van der Waals surface area contributed by atoms with Gasteiger partial charge in [-0.2, -0.15) is 0 Å². The third-order valence-corrected chi connectivity index (χ3v) is 5.55. The lowest BCUT2D eigenvalue weighted by atomic mass is 10.2. The summed E-state index contributed by atoms with van der Waals surface area (Å²) >= 11 is 0. The summed E-state index contributed by atoms with van der Waals surface area (Å²) < 4.78 is 2.03. The summed E-state index contributed by atoms with van der Waals surface area (Å²) in [7, 11) is 0. The molecule has 3 rings (SSSR count). The summed E-state index contributed by atoms with van der Waals surface area (Å²) in [6.07, 6.45) is 2.35. The van der Waals surface area contributed by atoms with E-state index in [2.05, 4.69) is 0 Å². The number of nitrogens with zero attached hydrogens (tertiary/aromatic N) is 4. The normalized spacial score (nSPS) is 17.1. The third kappa shape index (κ3) is 3.77. The molecule has 1 unspecified atom stereocenters. The van der Waals surface area contributed by atoms with Crippen LogP contribution in [0.25, 0.3) is 11.0 Å². The summed E-state index contributed by atoms with van der Waals surface area (Å²) in [5.74, 6) is 1.07. The molecule has 6 heteroatoms. The molecule has 1 aliphatic rings. The first-order valence-corrected chi connectivity index (χ1v) is 10.4. The molecule has 0 N–H and O–H groups in total. The molecule has 2 heterocycles. The Labute approximate surface area is 167 Å².